The van der Waals surface area contributed by atoms with Gasteiger partial charge in [-0.25, -0.2) is 0 Å². The average molecular weight is 301 g/mol. The summed E-state index contributed by atoms with van der Waals surface area (Å²) in [5.41, 5.74) is -0.0239. The van der Waals surface area contributed by atoms with Crippen LogP contribution in [0.5, 0.6) is 0 Å². The minimum Gasteiger partial charge on any atom is -0.399 e. The van der Waals surface area contributed by atoms with Gasteiger partial charge < -0.3 is 9.31 Å². The molecule has 6 heteroatoms. The Bertz CT molecular complexity index is 513. The zero-order valence-corrected chi connectivity index (χ0v) is 12.8. The van der Waals surface area contributed by atoms with Gasteiger partial charge in [0.15, 0.2) is 6.29 Å². The van der Waals surface area contributed by atoms with Gasteiger partial charge in [0.1, 0.15) is 0 Å². The van der Waals surface area contributed by atoms with Crippen LogP contribution in [0, 0.1) is 0 Å². The van der Waals surface area contributed by atoms with Crippen LogP contribution in [0.3, 0.4) is 0 Å². The summed E-state index contributed by atoms with van der Waals surface area (Å²) in [6, 6.07) is 3.34. The number of hydrogen-bond donors (Lipinski definition) is 0. The van der Waals surface area contributed by atoms with Crippen molar-refractivity contribution in [3.63, 3.8) is 0 Å². The first-order valence-electron chi connectivity index (χ1n) is 5.98. The Hall–Kier alpha value is -0.545. The standard InChI is InChI=1S/C13H15BCl2O3/c1-12(2)13(3,4)19-14(18-12)9-5-6-10(15)11(16)8(9)7-17/h5-7H,1-4H3. The zero-order valence-electron chi connectivity index (χ0n) is 11.3. The van der Waals surface area contributed by atoms with Crippen molar-refractivity contribution in [1.29, 1.82) is 0 Å². The van der Waals surface area contributed by atoms with Gasteiger partial charge in [0.2, 0.25) is 0 Å². The third-order valence-electron chi connectivity index (χ3n) is 3.79. The van der Waals surface area contributed by atoms with E-state index >= 15 is 0 Å². The molecule has 3 nitrogen and oxygen atoms in total. The van der Waals surface area contributed by atoms with Gasteiger partial charge in [-0.05, 0) is 39.2 Å². The van der Waals surface area contributed by atoms with Gasteiger partial charge in [-0.15, -0.1) is 0 Å². The lowest BCUT2D eigenvalue weighted by Gasteiger charge is -2.32. The molecule has 19 heavy (non-hydrogen) atoms. The van der Waals surface area contributed by atoms with Crippen molar-refractivity contribution in [2.75, 3.05) is 0 Å². The molecule has 0 aromatic heterocycles. The van der Waals surface area contributed by atoms with Gasteiger partial charge >= 0.3 is 7.12 Å². The molecule has 1 saturated heterocycles. The van der Waals surface area contributed by atoms with Gasteiger partial charge in [-0.1, -0.05) is 29.3 Å². The molecular weight excluding hydrogens is 286 g/mol. The maximum absolute atomic E-state index is 11.2. The van der Waals surface area contributed by atoms with Gasteiger partial charge in [0, 0.05) is 5.56 Å². The molecule has 0 radical (unpaired) electrons. The molecule has 0 unspecified atom stereocenters. The van der Waals surface area contributed by atoms with Crippen molar-refractivity contribution >= 4 is 42.1 Å². The number of carbonyl (C=O) groups is 1. The Kier molecular flexibility index (Phi) is 3.73. The van der Waals surface area contributed by atoms with Crippen LogP contribution in [-0.2, 0) is 9.31 Å². The fraction of sp³-hybridized carbons (Fsp3) is 0.462. The van der Waals surface area contributed by atoms with Crippen LogP contribution in [0.1, 0.15) is 38.1 Å². The van der Waals surface area contributed by atoms with Gasteiger partial charge in [0.25, 0.3) is 0 Å². The lowest BCUT2D eigenvalue weighted by Crippen LogP contribution is -2.41. The van der Waals surface area contributed by atoms with E-state index in [0.717, 1.165) is 0 Å². The molecule has 1 aliphatic heterocycles. The summed E-state index contributed by atoms with van der Waals surface area (Å²) in [5, 5.41) is 0.563. The summed E-state index contributed by atoms with van der Waals surface area (Å²) >= 11 is 12.0. The van der Waals surface area contributed by atoms with Crippen LogP contribution >= 0.6 is 23.2 Å². The molecule has 0 N–H and O–H groups in total. The van der Waals surface area contributed by atoms with Gasteiger partial charge in [-0.3, -0.25) is 4.79 Å². The largest absolute Gasteiger partial charge is 0.495 e. The zero-order chi connectivity index (χ0) is 14.4. The Morgan fingerprint density at radius 1 is 1.11 bits per heavy atom. The third kappa shape index (κ3) is 2.43. The predicted molar refractivity (Wildman–Crippen MR) is 77.6 cm³/mol. The molecule has 0 bridgehead atoms. The summed E-state index contributed by atoms with van der Waals surface area (Å²) in [4.78, 5) is 11.2. The second kappa shape index (κ2) is 4.78. The number of carbonyl (C=O) groups excluding carboxylic acids is 1. The van der Waals surface area contributed by atoms with Crippen molar-refractivity contribution in [1.82, 2.24) is 0 Å². The summed E-state index contributed by atoms with van der Waals surface area (Å²) in [6.45, 7) is 7.80. The molecule has 1 heterocycles. The smallest absolute Gasteiger partial charge is 0.399 e. The van der Waals surface area contributed by atoms with Crippen LogP contribution < -0.4 is 5.46 Å². The number of halogens is 2. The molecule has 102 valence electrons. The highest BCUT2D eigenvalue weighted by Gasteiger charge is 2.52. The van der Waals surface area contributed by atoms with E-state index in [0.29, 0.717) is 22.3 Å². The first-order valence-corrected chi connectivity index (χ1v) is 6.74. The molecule has 0 atom stereocenters. The fourth-order valence-corrected chi connectivity index (χ4v) is 2.26. The molecule has 0 amide bonds. The maximum atomic E-state index is 11.2. The summed E-state index contributed by atoms with van der Waals surface area (Å²) < 4.78 is 11.8. The predicted octanol–water partition coefficient (Wildman–Crippen LogP) is 3.11. The van der Waals surface area contributed by atoms with Crippen LogP contribution in [-0.4, -0.2) is 24.6 Å². The topological polar surface area (TPSA) is 35.5 Å². The Morgan fingerprint density at radius 3 is 2.11 bits per heavy atom. The molecule has 0 saturated carbocycles. The molecule has 1 fully saturated rings. The molecule has 0 spiro atoms. The minimum absolute atomic E-state index is 0.226. The SMILES string of the molecule is CC1(C)OB(c2ccc(Cl)c(Cl)c2C=O)OC1(C)C. The normalized spacial score (nSPS) is 20.6. The van der Waals surface area contributed by atoms with Gasteiger partial charge in [0.05, 0.1) is 21.2 Å². The highest BCUT2D eigenvalue weighted by molar-refractivity contribution is 6.64. The van der Waals surface area contributed by atoms with Crippen molar-refractivity contribution in [2.45, 2.75) is 38.9 Å². The van der Waals surface area contributed by atoms with Gasteiger partial charge in [-0.2, -0.15) is 0 Å². The maximum Gasteiger partial charge on any atom is 0.495 e. The van der Waals surface area contributed by atoms with E-state index in [1.807, 2.05) is 27.7 Å². The molecule has 2 rings (SSSR count). The first kappa shape index (κ1) is 14.9. The van der Waals surface area contributed by atoms with E-state index in [9.17, 15) is 4.79 Å². The molecule has 1 aromatic carbocycles. The summed E-state index contributed by atoms with van der Waals surface area (Å²) in [5.74, 6) is 0. The highest BCUT2D eigenvalue weighted by atomic mass is 35.5. The van der Waals surface area contributed by atoms with Crippen LogP contribution in [0.4, 0.5) is 0 Å². The molecule has 1 aromatic rings. The number of rotatable bonds is 2. The first-order chi connectivity index (χ1) is 8.69. The average Bonchev–Trinajstić information content (AvgIpc) is 2.51. The minimum atomic E-state index is -0.625. The van der Waals surface area contributed by atoms with E-state index in [2.05, 4.69) is 0 Å². The van der Waals surface area contributed by atoms with Crippen LogP contribution in [0.2, 0.25) is 10.0 Å². The highest BCUT2D eigenvalue weighted by Crippen LogP contribution is 2.37. The van der Waals surface area contributed by atoms with Crippen molar-refractivity contribution in [2.24, 2.45) is 0 Å². The van der Waals surface area contributed by atoms with E-state index in [1.54, 1.807) is 12.1 Å². The van der Waals surface area contributed by atoms with Crippen LogP contribution in [0.15, 0.2) is 12.1 Å². The number of benzene rings is 1. The lowest BCUT2D eigenvalue weighted by atomic mass is 9.76. The Labute approximate surface area is 123 Å². The second-order valence-corrected chi connectivity index (χ2v) is 6.36. The van der Waals surface area contributed by atoms with Crippen LogP contribution in [0.25, 0.3) is 0 Å². The lowest BCUT2D eigenvalue weighted by molar-refractivity contribution is 0.00578. The number of hydrogen-bond acceptors (Lipinski definition) is 3. The van der Waals surface area contributed by atoms with Crippen molar-refractivity contribution in [3.8, 4) is 0 Å². The molecule has 0 aliphatic carbocycles. The molecular formula is C13H15BCl2O3. The van der Waals surface area contributed by atoms with Crippen molar-refractivity contribution in [3.05, 3.63) is 27.7 Å². The second-order valence-electron chi connectivity index (χ2n) is 5.57. The van der Waals surface area contributed by atoms with E-state index in [-0.39, 0.29) is 5.02 Å². The van der Waals surface area contributed by atoms with E-state index in [1.165, 1.54) is 0 Å². The van der Waals surface area contributed by atoms with Crippen molar-refractivity contribution < 1.29 is 14.1 Å². The molecule has 1 aliphatic rings. The number of aldehydes is 1. The summed E-state index contributed by atoms with van der Waals surface area (Å²) in [7, 11) is -0.625. The van der Waals surface area contributed by atoms with E-state index in [4.69, 9.17) is 32.5 Å². The Morgan fingerprint density at radius 2 is 1.63 bits per heavy atom. The Balaban J connectivity index is 2.46. The quantitative estimate of drug-likeness (QED) is 0.622. The monoisotopic (exact) mass is 300 g/mol. The fourth-order valence-electron chi connectivity index (χ4n) is 1.88. The third-order valence-corrected chi connectivity index (χ3v) is 4.61. The van der Waals surface area contributed by atoms with E-state index < -0.39 is 18.3 Å². The summed E-state index contributed by atoms with van der Waals surface area (Å²) in [6.07, 6.45) is 0.675.